The number of rotatable bonds is 5. The van der Waals surface area contributed by atoms with Gasteiger partial charge in [-0.25, -0.2) is 0 Å². The fourth-order valence-corrected chi connectivity index (χ4v) is 3.55. The van der Waals surface area contributed by atoms with Gasteiger partial charge in [0, 0.05) is 6.54 Å². The summed E-state index contributed by atoms with van der Waals surface area (Å²) in [6, 6.07) is 6.99. The van der Waals surface area contributed by atoms with E-state index in [0.717, 1.165) is 30.8 Å². The monoisotopic (exact) mass is 298 g/mol. The number of para-hydroxylation sites is 1. The van der Waals surface area contributed by atoms with Crippen molar-refractivity contribution in [3.8, 4) is 0 Å². The van der Waals surface area contributed by atoms with Gasteiger partial charge >= 0.3 is 0 Å². The maximum absolute atomic E-state index is 11.8. The van der Waals surface area contributed by atoms with Crippen molar-refractivity contribution < 1.29 is 8.42 Å². The maximum Gasteiger partial charge on any atom is 0.285 e. The Labute approximate surface area is 120 Å². The number of sulfonamides is 1. The van der Waals surface area contributed by atoms with Crippen molar-refractivity contribution in [3.05, 3.63) is 24.3 Å². The van der Waals surface area contributed by atoms with Gasteiger partial charge < -0.3 is 4.90 Å². The van der Waals surface area contributed by atoms with Crippen LogP contribution in [0.15, 0.2) is 33.6 Å². The van der Waals surface area contributed by atoms with Crippen LogP contribution < -0.4 is 4.90 Å². The molecule has 1 heterocycles. The molecule has 0 amide bonds. The van der Waals surface area contributed by atoms with Crippen LogP contribution in [0.1, 0.15) is 19.8 Å². The third-order valence-corrected chi connectivity index (χ3v) is 4.79. The summed E-state index contributed by atoms with van der Waals surface area (Å²) in [6.45, 7) is 2.95. The van der Waals surface area contributed by atoms with E-state index in [9.17, 15) is 8.42 Å². The highest BCUT2D eigenvalue weighted by atomic mass is 32.2. The molecule has 0 aliphatic carbocycles. The molecule has 0 spiro atoms. The Hall–Kier alpha value is -1.01. The molecule has 1 atom stereocenters. The zero-order valence-corrected chi connectivity index (χ0v) is 12.6. The molecule has 104 valence electrons. The van der Waals surface area contributed by atoms with Crippen molar-refractivity contribution in [2.75, 3.05) is 17.2 Å². The van der Waals surface area contributed by atoms with Crippen LogP contribution in [0, 0.1) is 5.92 Å². The number of benzene rings is 1. The average molecular weight is 298 g/mol. The van der Waals surface area contributed by atoms with Gasteiger partial charge in [0.15, 0.2) is 0 Å². The van der Waals surface area contributed by atoms with Gasteiger partial charge in [0.2, 0.25) is 0 Å². The standard InChI is InChI=1S/C13H18N2O2S2/c1-11(7-9-18)6-8-15-10-14-19(16,17)13-5-3-2-4-12(13)15/h2-5,10-11,18H,6-9H2,1H3. The van der Waals surface area contributed by atoms with Crippen molar-refractivity contribution in [1.29, 1.82) is 0 Å². The summed E-state index contributed by atoms with van der Waals surface area (Å²) in [4.78, 5) is 2.20. The second-order valence-corrected chi connectivity index (χ2v) is 6.81. The minimum absolute atomic E-state index is 0.291. The molecule has 0 aromatic heterocycles. The first-order valence-electron chi connectivity index (χ1n) is 6.31. The zero-order chi connectivity index (χ0) is 13.9. The summed E-state index contributed by atoms with van der Waals surface area (Å²) in [5.74, 6) is 1.44. The van der Waals surface area contributed by atoms with E-state index in [2.05, 4.69) is 24.0 Å². The van der Waals surface area contributed by atoms with Crippen molar-refractivity contribution >= 4 is 34.7 Å². The molecule has 0 fully saturated rings. The second kappa shape index (κ2) is 5.96. The van der Waals surface area contributed by atoms with E-state index < -0.39 is 10.0 Å². The highest BCUT2D eigenvalue weighted by Gasteiger charge is 2.24. The van der Waals surface area contributed by atoms with Gasteiger partial charge in [-0.15, -0.1) is 4.40 Å². The Morgan fingerprint density at radius 1 is 1.32 bits per heavy atom. The van der Waals surface area contributed by atoms with Gasteiger partial charge in [0.05, 0.1) is 5.69 Å². The van der Waals surface area contributed by atoms with Crippen LogP contribution in [0.4, 0.5) is 5.69 Å². The highest BCUT2D eigenvalue weighted by molar-refractivity contribution is 7.90. The van der Waals surface area contributed by atoms with E-state index in [-0.39, 0.29) is 0 Å². The molecule has 1 aliphatic rings. The summed E-state index contributed by atoms with van der Waals surface area (Å²) in [6.07, 6.45) is 3.47. The molecule has 1 aromatic rings. The Bertz CT molecular complexity index is 570. The normalized spacial score (nSPS) is 18.1. The Morgan fingerprint density at radius 2 is 2.05 bits per heavy atom. The van der Waals surface area contributed by atoms with Crippen LogP contribution >= 0.6 is 12.6 Å². The molecule has 0 bridgehead atoms. The third-order valence-electron chi connectivity index (χ3n) is 3.26. The number of hydrogen-bond donors (Lipinski definition) is 1. The minimum Gasteiger partial charge on any atom is -0.331 e. The van der Waals surface area contributed by atoms with Gasteiger partial charge in [-0.3, -0.25) is 0 Å². The molecule has 1 unspecified atom stereocenters. The van der Waals surface area contributed by atoms with E-state index in [1.807, 2.05) is 17.0 Å². The molecule has 0 saturated carbocycles. The third kappa shape index (κ3) is 3.30. The van der Waals surface area contributed by atoms with Gasteiger partial charge in [-0.1, -0.05) is 19.1 Å². The number of thiol groups is 1. The molecule has 1 aliphatic heterocycles. The fraction of sp³-hybridized carbons (Fsp3) is 0.462. The predicted molar refractivity (Wildman–Crippen MR) is 81.7 cm³/mol. The number of anilines is 1. The molecule has 2 rings (SSSR count). The zero-order valence-electron chi connectivity index (χ0n) is 10.9. The highest BCUT2D eigenvalue weighted by Crippen LogP contribution is 2.29. The molecule has 0 radical (unpaired) electrons. The first-order valence-corrected chi connectivity index (χ1v) is 8.39. The molecule has 6 heteroatoms. The number of nitrogens with zero attached hydrogens (tertiary/aromatic N) is 2. The van der Waals surface area contributed by atoms with Crippen molar-refractivity contribution in [2.24, 2.45) is 10.3 Å². The molecule has 19 heavy (non-hydrogen) atoms. The minimum atomic E-state index is -3.51. The number of hydrogen-bond acceptors (Lipinski definition) is 4. The van der Waals surface area contributed by atoms with Crippen LogP contribution in [-0.2, 0) is 10.0 Å². The quantitative estimate of drug-likeness (QED) is 0.850. The van der Waals surface area contributed by atoms with Gasteiger partial charge in [0.1, 0.15) is 11.2 Å². The lowest BCUT2D eigenvalue weighted by atomic mass is 10.0. The summed E-state index contributed by atoms with van der Waals surface area (Å²) in [5.41, 5.74) is 0.718. The lowest BCUT2D eigenvalue weighted by Crippen LogP contribution is -2.29. The first kappa shape index (κ1) is 14.4. The first-order chi connectivity index (χ1) is 9.04. The number of fused-ring (bicyclic) bond motifs is 1. The molecule has 1 aromatic carbocycles. The van der Waals surface area contributed by atoms with Gasteiger partial charge in [-0.05, 0) is 36.6 Å². The van der Waals surface area contributed by atoms with E-state index >= 15 is 0 Å². The molecule has 0 saturated heterocycles. The van der Waals surface area contributed by atoms with Crippen LogP contribution in [0.5, 0.6) is 0 Å². The maximum atomic E-state index is 11.8. The summed E-state index contributed by atoms with van der Waals surface area (Å²) in [5, 5.41) is 0. The average Bonchev–Trinajstić information content (AvgIpc) is 2.38. The molecule has 0 N–H and O–H groups in total. The van der Waals surface area contributed by atoms with Crippen molar-refractivity contribution in [3.63, 3.8) is 0 Å². The van der Waals surface area contributed by atoms with Crippen LogP contribution in [0.2, 0.25) is 0 Å². The summed E-state index contributed by atoms with van der Waals surface area (Å²) in [7, 11) is -3.51. The SMILES string of the molecule is CC(CCS)CCN1C=NS(=O)(=O)c2ccccc21. The van der Waals surface area contributed by atoms with Gasteiger partial charge in [0.25, 0.3) is 10.0 Å². The topological polar surface area (TPSA) is 49.7 Å². The largest absolute Gasteiger partial charge is 0.331 e. The second-order valence-electron chi connectivity index (χ2n) is 4.76. The summed E-state index contributed by atoms with van der Waals surface area (Å²) < 4.78 is 27.3. The van der Waals surface area contributed by atoms with E-state index in [1.54, 1.807) is 12.1 Å². The van der Waals surface area contributed by atoms with Gasteiger partial charge in [-0.2, -0.15) is 21.0 Å². The Balaban J connectivity index is 2.16. The van der Waals surface area contributed by atoms with Crippen LogP contribution in [0.3, 0.4) is 0 Å². The van der Waals surface area contributed by atoms with E-state index in [0.29, 0.717) is 10.8 Å². The fourth-order valence-electron chi connectivity index (χ4n) is 2.05. The lowest BCUT2D eigenvalue weighted by molar-refractivity contribution is 0.527. The smallest absolute Gasteiger partial charge is 0.285 e. The van der Waals surface area contributed by atoms with E-state index in [4.69, 9.17) is 0 Å². The van der Waals surface area contributed by atoms with Crippen LogP contribution in [-0.4, -0.2) is 27.1 Å². The lowest BCUT2D eigenvalue weighted by Gasteiger charge is -2.26. The Kier molecular flexibility index (Phi) is 4.52. The molecular formula is C13H18N2O2S2. The molecule has 4 nitrogen and oxygen atoms in total. The van der Waals surface area contributed by atoms with Crippen molar-refractivity contribution in [2.45, 2.75) is 24.7 Å². The molecular weight excluding hydrogens is 280 g/mol. The predicted octanol–water partition coefficient (Wildman–Crippen LogP) is 2.57. The Morgan fingerprint density at radius 3 is 2.79 bits per heavy atom. The van der Waals surface area contributed by atoms with Crippen LogP contribution in [0.25, 0.3) is 0 Å². The van der Waals surface area contributed by atoms with E-state index in [1.165, 1.54) is 6.34 Å². The summed E-state index contributed by atoms with van der Waals surface area (Å²) >= 11 is 4.23. The van der Waals surface area contributed by atoms with Crippen molar-refractivity contribution in [1.82, 2.24) is 0 Å².